The largest absolute Gasteiger partial charge is 0.497 e. The number of methoxy groups -OCH3 is 1. The fourth-order valence-corrected chi connectivity index (χ4v) is 1.96. The third kappa shape index (κ3) is 4.36. The Morgan fingerprint density at radius 3 is 2.29 bits per heavy atom. The molecule has 108 valence electrons. The van der Waals surface area contributed by atoms with Crippen LogP contribution in [0.15, 0.2) is 60.3 Å². The first-order valence-electron chi connectivity index (χ1n) is 6.48. The van der Waals surface area contributed by atoms with Crippen molar-refractivity contribution in [1.82, 2.24) is 0 Å². The highest BCUT2D eigenvalue weighted by Crippen LogP contribution is 2.16. The number of carbonyl (C=O) groups is 1. The summed E-state index contributed by atoms with van der Waals surface area (Å²) >= 11 is 5.83. The second kappa shape index (κ2) is 6.95. The predicted molar refractivity (Wildman–Crippen MR) is 86.2 cm³/mol. The van der Waals surface area contributed by atoms with E-state index in [2.05, 4.69) is 5.32 Å². The van der Waals surface area contributed by atoms with Gasteiger partial charge >= 0.3 is 0 Å². The van der Waals surface area contributed by atoms with Crippen LogP contribution in [0, 0.1) is 0 Å². The zero-order valence-corrected chi connectivity index (χ0v) is 12.6. The Kier molecular flexibility index (Phi) is 5.01. The molecule has 0 saturated heterocycles. The third-order valence-corrected chi connectivity index (χ3v) is 3.16. The molecule has 0 aliphatic rings. The zero-order chi connectivity index (χ0) is 15.2. The van der Waals surface area contributed by atoms with E-state index in [0.29, 0.717) is 10.6 Å². The van der Waals surface area contributed by atoms with Gasteiger partial charge in [0.15, 0.2) is 5.78 Å². The summed E-state index contributed by atoms with van der Waals surface area (Å²) in [6.45, 7) is 1.84. The van der Waals surface area contributed by atoms with Crippen LogP contribution in [0.25, 0.3) is 0 Å². The number of nitrogens with one attached hydrogen (secondary N) is 1. The maximum absolute atomic E-state index is 12.1. The highest BCUT2D eigenvalue weighted by molar-refractivity contribution is 6.30. The lowest BCUT2D eigenvalue weighted by Crippen LogP contribution is -2.01. The molecule has 2 rings (SSSR count). The van der Waals surface area contributed by atoms with Crippen LogP contribution in [0.4, 0.5) is 5.69 Å². The average molecular weight is 302 g/mol. The molecular formula is C17H16ClNO2. The predicted octanol–water partition coefficient (Wildman–Crippen LogP) is 4.55. The van der Waals surface area contributed by atoms with E-state index in [1.165, 1.54) is 0 Å². The van der Waals surface area contributed by atoms with Crippen LogP contribution in [-0.4, -0.2) is 12.9 Å². The first-order valence-corrected chi connectivity index (χ1v) is 6.85. The van der Waals surface area contributed by atoms with E-state index in [-0.39, 0.29) is 5.78 Å². The van der Waals surface area contributed by atoms with Crippen molar-refractivity contribution in [2.75, 3.05) is 12.4 Å². The normalized spacial score (nSPS) is 11.1. The minimum Gasteiger partial charge on any atom is -0.497 e. The van der Waals surface area contributed by atoms with Crippen molar-refractivity contribution in [3.05, 3.63) is 70.9 Å². The third-order valence-electron chi connectivity index (χ3n) is 2.91. The van der Waals surface area contributed by atoms with Crippen LogP contribution in [0.2, 0.25) is 5.02 Å². The van der Waals surface area contributed by atoms with Crippen molar-refractivity contribution < 1.29 is 9.53 Å². The van der Waals surface area contributed by atoms with Crippen LogP contribution in [-0.2, 0) is 0 Å². The molecule has 1 N–H and O–H groups in total. The average Bonchev–Trinajstić information content (AvgIpc) is 2.49. The molecule has 2 aromatic carbocycles. The molecule has 0 unspecified atom stereocenters. The van der Waals surface area contributed by atoms with Crippen molar-refractivity contribution in [1.29, 1.82) is 0 Å². The lowest BCUT2D eigenvalue weighted by atomic mass is 10.1. The molecule has 0 amide bonds. The van der Waals surface area contributed by atoms with E-state index in [1.54, 1.807) is 49.6 Å². The molecule has 2 aromatic rings. The van der Waals surface area contributed by atoms with Crippen molar-refractivity contribution in [3.8, 4) is 5.75 Å². The summed E-state index contributed by atoms with van der Waals surface area (Å²) in [6, 6.07) is 14.3. The Hall–Kier alpha value is -2.26. The SMILES string of the molecule is COc1ccc(C(=O)C=C(C)Nc2ccc(Cl)cc2)cc1. The van der Waals surface area contributed by atoms with Gasteiger partial charge in [0.2, 0.25) is 0 Å². The van der Waals surface area contributed by atoms with Crippen LogP contribution >= 0.6 is 11.6 Å². The highest BCUT2D eigenvalue weighted by atomic mass is 35.5. The summed E-state index contributed by atoms with van der Waals surface area (Å²) in [5, 5.41) is 3.83. The fourth-order valence-electron chi connectivity index (χ4n) is 1.83. The maximum atomic E-state index is 12.1. The molecule has 0 saturated carbocycles. The van der Waals surface area contributed by atoms with E-state index in [4.69, 9.17) is 16.3 Å². The van der Waals surface area contributed by atoms with Gasteiger partial charge in [-0.15, -0.1) is 0 Å². The molecule has 0 aliphatic heterocycles. The smallest absolute Gasteiger partial charge is 0.187 e. The number of ketones is 1. The summed E-state index contributed by atoms with van der Waals surface area (Å²) in [7, 11) is 1.59. The standard InChI is InChI=1S/C17H16ClNO2/c1-12(19-15-7-5-14(18)6-8-15)11-17(20)13-3-9-16(21-2)10-4-13/h3-11,19H,1-2H3. The van der Waals surface area contributed by atoms with Gasteiger partial charge in [0.25, 0.3) is 0 Å². The maximum Gasteiger partial charge on any atom is 0.187 e. The quantitative estimate of drug-likeness (QED) is 0.650. The van der Waals surface area contributed by atoms with Gasteiger partial charge in [0.05, 0.1) is 7.11 Å². The minimum atomic E-state index is -0.0587. The Morgan fingerprint density at radius 2 is 1.71 bits per heavy atom. The number of hydrogen-bond donors (Lipinski definition) is 1. The lowest BCUT2D eigenvalue weighted by molar-refractivity contribution is 0.104. The van der Waals surface area contributed by atoms with Crippen molar-refractivity contribution in [3.63, 3.8) is 0 Å². The van der Waals surface area contributed by atoms with E-state index >= 15 is 0 Å². The Balaban J connectivity index is 2.06. The zero-order valence-electron chi connectivity index (χ0n) is 11.9. The summed E-state index contributed by atoms with van der Waals surface area (Å²) in [6.07, 6.45) is 1.57. The summed E-state index contributed by atoms with van der Waals surface area (Å²) in [4.78, 5) is 12.1. The molecule has 0 fully saturated rings. The molecule has 0 heterocycles. The number of hydrogen-bond acceptors (Lipinski definition) is 3. The first-order chi connectivity index (χ1) is 10.1. The number of carbonyl (C=O) groups excluding carboxylic acids is 1. The summed E-state index contributed by atoms with van der Waals surface area (Å²) < 4.78 is 5.07. The topological polar surface area (TPSA) is 38.3 Å². The van der Waals surface area contributed by atoms with E-state index in [0.717, 1.165) is 17.1 Å². The fraction of sp³-hybridized carbons (Fsp3) is 0.118. The van der Waals surface area contributed by atoms with Gasteiger partial charge in [-0.3, -0.25) is 4.79 Å². The van der Waals surface area contributed by atoms with Crippen molar-refractivity contribution >= 4 is 23.1 Å². The number of ether oxygens (including phenoxy) is 1. The molecule has 0 spiro atoms. The monoisotopic (exact) mass is 301 g/mol. The van der Waals surface area contributed by atoms with Gasteiger partial charge in [0, 0.05) is 28.0 Å². The second-order valence-corrected chi connectivity index (χ2v) is 4.99. The van der Waals surface area contributed by atoms with Gasteiger partial charge in [-0.1, -0.05) is 11.6 Å². The Labute approximate surface area is 129 Å². The molecular weight excluding hydrogens is 286 g/mol. The molecule has 0 aliphatic carbocycles. The van der Waals surface area contributed by atoms with Crippen LogP contribution in [0.1, 0.15) is 17.3 Å². The van der Waals surface area contributed by atoms with Crippen molar-refractivity contribution in [2.45, 2.75) is 6.92 Å². The van der Waals surface area contributed by atoms with Gasteiger partial charge in [-0.2, -0.15) is 0 Å². The van der Waals surface area contributed by atoms with Gasteiger partial charge in [0.1, 0.15) is 5.75 Å². The summed E-state index contributed by atoms with van der Waals surface area (Å²) in [5.41, 5.74) is 2.27. The molecule has 0 radical (unpaired) electrons. The molecule has 0 aromatic heterocycles. The van der Waals surface area contributed by atoms with Gasteiger partial charge in [-0.05, 0) is 55.5 Å². The van der Waals surface area contributed by atoms with Crippen LogP contribution in [0.5, 0.6) is 5.75 Å². The van der Waals surface area contributed by atoms with Gasteiger partial charge in [-0.25, -0.2) is 0 Å². The van der Waals surface area contributed by atoms with Gasteiger partial charge < -0.3 is 10.1 Å². The minimum absolute atomic E-state index is 0.0587. The van der Waals surface area contributed by atoms with Crippen LogP contribution < -0.4 is 10.1 Å². The van der Waals surface area contributed by atoms with E-state index < -0.39 is 0 Å². The van der Waals surface area contributed by atoms with E-state index in [9.17, 15) is 4.79 Å². The Morgan fingerprint density at radius 1 is 1.10 bits per heavy atom. The molecule has 3 nitrogen and oxygen atoms in total. The molecule has 0 bridgehead atoms. The highest BCUT2D eigenvalue weighted by Gasteiger charge is 2.04. The lowest BCUT2D eigenvalue weighted by Gasteiger charge is -2.06. The summed E-state index contributed by atoms with van der Waals surface area (Å²) in [5.74, 6) is 0.670. The number of halogens is 1. The molecule has 21 heavy (non-hydrogen) atoms. The van der Waals surface area contributed by atoms with Crippen LogP contribution in [0.3, 0.4) is 0 Å². The second-order valence-electron chi connectivity index (χ2n) is 4.55. The number of allylic oxidation sites excluding steroid dienone is 2. The van der Waals surface area contributed by atoms with E-state index in [1.807, 2.05) is 19.1 Å². The number of anilines is 1. The van der Waals surface area contributed by atoms with Crippen molar-refractivity contribution in [2.24, 2.45) is 0 Å². The molecule has 0 atom stereocenters. The number of benzene rings is 2. The number of rotatable bonds is 5. The Bertz CT molecular complexity index is 645. The molecule has 4 heteroatoms. The first kappa shape index (κ1) is 15.1.